The van der Waals surface area contributed by atoms with Crippen LogP contribution in [0.3, 0.4) is 0 Å². The molecule has 6 heteroatoms. The molecule has 6 nitrogen and oxygen atoms in total. The highest BCUT2D eigenvalue weighted by Gasteiger charge is 2.16. The minimum atomic E-state index is -0.161. The van der Waals surface area contributed by atoms with E-state index in [-0.39, 0.29) is 5.91 Å². The fraction of sp³-hybridized carbons (Fsp3) is 0.400. The van der Waals surface area contributed by atoms with Crippen LogP contribution in [0, 0.1) is 0 Å². The Bertz CT molecular complexity index is 744. The number of anilines is 3. The van der Waals surface area contributed by atoms with E-state index in [0.29, 0.717) is 24.8 Å². The summed E-state index contributed by atoms with van der Waals surface area (Å²) in [5, 5.41) is 6.38. The molecule has 0 radical (unpaired) electrons. The van der Waals surface area contributed by atoms with E-state index < -0.39 is 0 Å². The van der Waals surface area contributed by atoms with E-state index in [9.17, 15) is 4.79 Å². The zero-order valence-electron chi connectivity index (χ0n) is 15.4. The summed E-state index contributed by atoms with van der Waals surface area (Å²) >= 11 is 0. The van der Waals surface area contributed by atoms with Crippen LogP contribution in [0.4, 0.5) is 17.1 Å². The maximum Gasteiger partial charge on any atom is 0.257 e. The van der Waals surface area contributed by atoms with Crippen LogP contribution in [0.5, 0.6) is 0 Å². The summed E-state index contributed by atoms with van der Waals surface area (Å²) < 4.78 is 5.42. The molecule has 1 saturated heterocycles. The van der Waals surface area contributed by atoms with Crippen molar-refractivity contribution < 1.29 is 9.53 Å². The number of amides is 1. The molecule has 1 atom stereocenters. The summed E-state index contributed by atoms with van der Waals surface area (Å²) in [6.45, 7) is 7.27. The highest BCUT2D eigenvalue weighted by molar-refractivity contribution is 6.06. The van der Waals surface area contributed by atoms with E-state index >= 15 is 0 Å². The Morgan fingerprint density at radius 3 is 2.81 bits per heavy atom. The topological polar surface area (TPSA) is 66.5 Å². The van der Waals surface area contributed by atoms with Crippen molar-refractivity contribution in [3.63, 3.8) is 0 Å². The molecule has 2 N–H and O–H groups in total. The third kappa shape index (κ3) is 4.52. The van der Waals surface area contributed by atoms with Gasteiger partial charge in [-0.05, 0) is 31.5 Å². The molecule has 2 aromatic rings. The first-order chi connectivity index (χ1) is 12.7. The molecule has 1 fully saturated rings. The molecular weight excluding hydrogens is 328 g/mol. The quantitative estimate of drug-likeness (QED) is 0.832. The van der Waals surface area contributed by atoms with Crippen LogP contribution in [0.1, 0.15) is 30.6 Å². The first kappa shape index (κ1) is 18.2. The van der Waals surface area contributed by atoms with E-state index in [1.807, 2.05) is 30.3 Å². The number of carbonyl (C=O) groups is 1. The molecule has 0 aliphatic carbocycles. The molecule has 1 amide bonds. The Labute approximate surface area is 154 Å². The number of ether oxygens (including phenoxy) is 1. The molecule has 26 heavy (non-hydrogen) atoms. The number of rotatable bonds is 6. The standard InChI is InChI=1S/C20H26N4O2/c1-3-15(2)22-17-12-16(13-21-14-17)20(25)23-18-6-4-5-7-19(18)24-8-10-26-11-9-24/h4-7,12-15,22H,3,8-11H2,1-2H3,(H,23,25). The van der Waals surface area contributed by atoms with Gasteiger partial charge in [0.1, 0.15) is 0 Å². The Morgan fingerprint density at radius 2 is 2.04 bits per heavy atom. The number of aromatic nitrogens is 1. The lowest BCUT2D eigenvalue weighted by Crippen LogP contribution is -2.36. The van der Waals surface area contributed by atoms with E-state index in [1.165, 1.54) is 0 Å². The molecule has 1 aliphatic rings. The van der Waals surface area contributed by atoms with Crippen LogP contribution in [0.25, 0.3) is 0 Å². The highest BCUT2D eigenvalue weighted by atomic mass is 16.5. The minimum absolute atomic E-state index is 0.161. The van der Waals surface area contributed by atoms with Crippen molar-refractivity contribution in [2.75, 3.05) is 41.8 Å². The predicted molar refractivity (Wildman–Crippen MR) is 105 cm³/mol. The maximum absolute atomic E-state index is 12.7. The fourth-order valence-electron chi connectivity index (χ4n) is 2.88. The second kappa shape index (κ2) is 8.67. The summed E-state index contributed by atoms with van der Waals surface area (Å²) in [7, 11) is 0. The van der Waals surface area contributed by atoms with Gasteiger partial charge in [0.2, 0.25) is 0 Å². The Morgan fingerprint density at radius 1 is 1.27 bits per heavy atom. The number of hydrogen-bond donors (Lipinski definition) is 2. The van der Waals surface area contributed by atoms with Crippen LogP contribution in [0.15, 0.2) is 42.7 Å². The van der Waals surface area contributed by atoms with Gasteiger partial charge < -0.3 is 20.3 Å². The molecule has 1 aromatic carbocycles. The van der Waals surface area contributed by atoms with Gasteiger partial charge in [0, 0.05) is 31.5 Å². The first-order valence-corrected chi connectivity index (χ1v) is 9.12. The third-order valence-electron chi connectivity index (χ3n) is 4.53. The molecule has 3 rings (SSSR count). The summed E-state index contributed by atoms with van der Waals surface area (Å²) in [6.07, 6.45) is 4.34. The predicted octanol–water partition coefficient (Wildman–Crippen LogP) is 3.38. The van der Waals surface area contributed by atoms with Crippen molar-refractivity contribution in [2.24, 2.45) is 0 Å². The van der Waals surface area contributed by atoms with E-state index in [0.717, 1.165) is 36.6 Å². The van der Waals surface area contributed by atoms with Gasteiger partial charge in [0.25, 0.3) is 5.91 Å². The number of morpholine rings is 1. The molecule has 1 aromatic heterocycles. The molecule has 1 unspecified atom stereocenters. The molecular formula is C20H26N4O2. The van der Waals surface area contributed by atoms with Crippen LogP contribution >= 0.6 is 0 Å². The lowest BCUT2D eigenvalue weighted by molar-refractivity contribution is 0.102. The van der Waals surface area contributed by atoms with Crippen molar-refractivity contribution in [3.05, 3.63) is 48.3 Å². The first-order valence-electron chi connectivity index (χ1n) is 9.12. The summed E-state index contributed by atoms with van der Waals surface area (Å²) in [5.74, 6) is -0.161. The molecule has 138 valence electrons. The minimum Gasteiger partial charge on any atom is -0.381 e. The fourth-order valence-corrected chi connectivity index (χ4v) is 2.88. The van der Waals surface area contributed by atoms with Gasteiger partial charge in [-0.15, -0.1) is 0 Å². The van der Waals surface area contributed by atoms with Gasteiger partial charge in [0.05, 0.1) is 35.8 Å². The second-order valence-electron chi connectivity index (χ2n) is 6.49. The van der Waals surface area contributed by atoms with Crippen LogP contribution in [-0.4, -0.2) is 43.2 Å². The number of hydrogen-bond acceptors (Lipinski definition) is 5. The SMILES string of the molecule is CCC(C)Nc1cncc(C(=O)Nc2ccccc2N2CCOCC2)c1. The average molecular weight is 354 g/mol. The van der Waals surface area contributed by atoms with Crippen molar-refractivity contribution in [2.45, 2.75) is 26.3 Å². The van der Waals surface area contributed by atoms with Crippen molar-refractivity contribution >= 4 is 23.0 Å². The number of carbonyl (C=O) groups excluding carboxylic acids is 1. The number of para-hydroxylation sites is 2. The largest absolute Gasteiger partial charge is 0.381 e. The van der Waals surface area contributed by atoms with Gasteiger partial charge in [-0.25, -0.2) is 0 Å². The molecule has 0 saturated carbocycles. The van der Waals surface area contributed by atoms with Crippen LogP contribution in [-0.2, 0) is 4.74 Å². The third-order valence-corrected chi connectivity index (χ3v) is 4.53. The molecule has 0 spiro atoms. The monoisotopic (exact) mass is 354 g/mol. The number of benzene rings is 1. The normalized spacial score (nSPS) is 15.4. The van der Waals surface area contributed by atoms with Gasteiger partial charge >= 0.3 is 0 Å². The van der Waals surface area contributed by atoms with Crippen LogP contribution < -0.4 is 15.5 Å². The summed E-state index contributed by atoms with van der Waals surface area (Å²) in [4.78, 5) is 19.2. The van der Waals surface area contributed by atoms with E-state index in [1.54, 1.807) is 12.4 Å². The van der Waals surface area contributed by atoms with E-state index in [4.69, 9.17) is 4.74 Å². The Balaban J connectivity index is 1.75. The Kier molecular flexibility index (Phi) is 6.07. The summed E-state index contributed by atoms with van der Waals surface area (Å²) in [6, 6.07) is 10.0. The summed E-state index contributed by atoms with van der Waals surface area (Å²) in [5.41, 5.74) is 3.22. The maximum atomic E-state index is 12.7. The lowest BCUT2D eigenvalue weighted by atomic mass is 10.2. The van der Waals surface area contributed by atoms with Crippen molar-refractivity contribution in [1.29, 1.82) is 0 Å². The van der Waals surface area contributed by atoms with E-state index in [2.05, 4.69) is 34.4 Å². The zero-order valence-corrected chi connectivity index (χ0v) is 15.4. The smallest absolute Gasteiger partial charge is 0.257 e. The number of nitrogens with one attached hydrogen (secondary N) is 2. The van der Waals surface area contributed by atoms with Crippen molar-refractivity contribution in [3.8, 4) is 0 Å². The molecule has 2 heterocycles. The molecule has 0 bridgehead atoms. The lowest BCUT2D eigenvalue weighted by Gasteiger charge is -2.30. The zero-order chi connectivity index (χ0) is 18.4. The van der Waals surface area contributed by atoms with Crippen molar-refractivity contribution in [1.82, 2.24) is 4.98 Å². The average Bonchev–Trinajstić information content (AvgIpc) is 2.69. The van der Waals surface area contributed by atoms with Gasteiger partial charge in [-0.3, -0.25) is 9.78 Å². The number of pyridine rings is 1. The Hall–Kier alpha value is -2.60. The second-order valence-corrected chi connectivity index (χ2v) is 6.49. The van der Waals surface area contributed by atoms with Crippen LogP contribution in [0.2, 0.25) is 0 Å². The van der Waals surface area contributed by atoms with Gasteiger partial charge in [-0.2, -0.15) is 0 Å². The van der Waals surface area contributed by atoms with Gasteiger partial charge in [0.15, 0.2) is 0 Å². The molecule has 1 aliphatic heterocycles. The highest BCUT2D eigenvalue weighted by Crippen LogP contribution is 2.27. The number of nitrogens with zero attached hydrogens (tertiary/aromatic N) is 2. The van der Waals surface area contributed by atoms with Gasteiger partial charge in [-0.1, -0.05) is 19.1 Å².